The Morgan fingerprint density at radius 1 is 1.41 bits per heavy atom. The number of carbonyl (C=O) groups is 1. The zero-order valence-corrected chi connectivity index (χ0v) is 11.9. The first-order chi connectivity index (χ1) is 10.8. The predicted molar refractivity (Wildman–Crippen MR) is 76.1 cm³/mol. The molecule has 0 spiro atoms. The molecule has 1 aliphatic rings. The van der Waals surface area contributed by atoms with Crippen molar-refractivity contribution in [3.05, 3.63) is 47.6 Å². The smallest absolute Gasteiger partial charge is 0.337 e. The second kappa shape index (κ2) is 6.21. The molecular weight excluding hydrogens is 286 g/mol. The largest absolute Gasteiger partial charge is 0.481 e. The number of methoxy groups -OCH3 is 1. The Morgan fingerprint density at radius 3 is 3.18 bits per heavy atom. The van der Waals surface area contributed by atoms with Gasteiger partial charge in [-0.3, -0.25) is 0 Å². The molecule has 3 rings (SSSR count). The number of carbonyl (C=O) groups excluding carboxylic acids is 1. The van der Waals surface area contributed by atoms with Crippen molar-refractivity contribution in [2.24, 2.45) is 0 Å². The molecule has 0 unspecified atom stereocenters. The average molecular weight is 299 g/mol. The first-order valence-electron chi connectivity index (χ1n) is 6.55. The molecular formula is C15H13N3O4. The van der Waals surface area contributed by atoms with Crippen LogP contribution in [0.1, 0.15) is 11.1 Å². The fourth-order valence-corrected chi connectivity index (χ4v) is 1.94. The molecule has 1 aliphatic heterocycles. The molecule has 0 atom stereocenters. The Morgan fingerprint density at radius 2 is 2.32 bits per heavy atom. The highest BCUT2D eigenvalue weighted by Crippen LogP contribution is 2.23. The molecule has 0 N–H and O–H groups in total. The number of nitrogens with zero attached hydrogens (tertiary/aromatic N) is 3. The molecule has 0 radical (unpaired) electrons. The van der Waals surface area contributed by atoms with Crippen molar-refractivity contribution in [1.29, 1.82) is 0 Å². The van der Waals surface area contributed by atoms with E-state index in [1.807, 2.05) is 0 Å². The van der Waals surface area contributed by atoms with Crippen LogP contribution in [0.5, 0.6) is 11.8 Å². The summed E-state index contributed by atoms with van der Waals surface area (Å²) in [6.07, 6.45) is 6.25. The normalized spacial score (nSPS) is 12.7. The fraction of sp³-hybridized carbons (Fsp3) is 0.200. The van der Waals surface area contributed by atoms with Gasteiger partial charge in [-0.2, -0.15) is 0 Å². The summed E-state index contributed by atoms with van der Waals surface area (Å²) < 4.78 is 15.7. The molecule has 22 heavy (non-hydrogen) atoms. The van der Waals surface area contributed by atoms with Gasteiger partial charge in [0.05, 0.1) is 18.2 Å². The summed E-state index contributed by atoms with van der Waals surface area (Å²) in [6.45, 7) is 0.260. The molecule has 0 bridgehead atoms. The Balaban J connectivity index is 1.66. The van der Waals surface area contributed by atoms with E-state index in [4.69, 9.17) is 14.2 Å². The molecule has 2 aromatic heterocycles. The van der Waals surface area contributed by atoms with Gasteiger partial charge in [0.15, 0.2) is 0 Å². The SMILES string of the molecule is COc1cc(COC(=O)C2=Cc3cncnc3OC2)ccn1. The standard InChI is InChI=1S/C15H13N3O4/c1-20-13-4-10(2-3-17-13)7-22-15(19)12-5-11-6-16-9-18-14(11)21-8-12/h2-6,9H,7-8H2,1H3. The van der Waals surface area contributed by atoms with Gasteiger partial charge in [0, 0.05) is 18.5 Å². The van der Waals surface area contributed by atoms with Gasteiger partial charge < -0.3 is 14.2 Å². The van der Waals surface area contributed by atoms with E-state index in [0.717, 1.165) is 5.56 Å². The van der Waals surface area contributed by atoms with Crippen LogP contribution in [-0.4, -0.2) is 34.6 Å². The molecule has 0 saturated heterocycles. The Bertz CT molecular complexity index is 730. The quantitative estimate of drug-likeness (QED) is 0.789. The summed E-state index contributed by atoms with van der Waals surface area (Å²) in [4.78, 5) is 23.9. The Kier molecular flexibility index (Phi) is 3.95. The summed E-state index contributed by atoms with van der Waals surface area (Å²) in [5.74, 6) is 0.496. The van der Waals surface area contributed by atoms with Gasteiger partial charge in [-0.05, 0) is 17.7 Å². The molecule has 0 aromatic carbocycles. The predicted octanol–water partition coefficient (Wildman–Crippen LogP) is 1.40. The van der Waals surface area contributed by atoms with E-state index in [-0.39, 0.29) is 13.2 Å². The van der Waals surface area contributed by atoms with Gasteiger partial charge >= 0.3 is 5.97 Å². The maximum absolute atomic E-state index is 12.1. The fourth-order valence-electron chi connectivity index (χ4n) is 1.94. The highest BCUT2D eigenvalue weighted by Gasteiger charge is 2.19. The molecule has 7 nitrogen and oxygen atoms in total. The molecule has 3 heterocycles. The van der Waals surface area contributed by atoms with Crippen molar-refractivity contribution in [2.75, 3.05) is 13.7 Å². The van der Waals surface area contributed by atoms with Crippen LogP contribution in [-0.2, 0) is 16.1 Å². The monoisotopic (exact) mass is 299 g/mol. The summed E-state index contributed by atoms with van der Waals surface area (Å²) >= 11 is 0. The number of hydrogen-bond donors (Lipinski definition) is 0. The molecule has 7 heteroatoms. The zero-order valence-electron chi connectivity index (χ0n) is 11.9. The van der Waals surface area contributed by atoms with Crippen molar-refractivity contribution in [2.45, 2.75) is 6.61 Å². The van der Waals surface area contributed by atoms with Crippen LogP contribution >= 0.6 is 0 Å². The first kappa shape index (κ1) is 14.0. The lowest BCUT2D eigenvalue weighted by Gasteiger charge is -2.15. The van der Waals surface area contributed by atoms with E-state index in [1.54, 1.807) is 30.6 Å². The van der Waals surface area contributed by atoms with Crippen LogP contribution in [0.3, 0.4) is 0 Å². The molecule has 2 aromatic rings. The van der Waals surface area contributed by atoms with Crippen LogP contribution in [0, 0.1) is 0 Å². The summed E-state index contributed by atoms with van der Waals surface area (Å²) in [7, 11) is 1.53. The number of fused-ring (bicyclic) bond motifs is 1. The molecule has 0 aliphatic carbocycles. The van der Waals surface area contributed by atoms with Gasteiger partial charge in [-0.25, -0.2) is 19.7 Å². The van der Waals surface area contributed by atoms with Crippen LogP contribution in [0.25, 0.3) is 6.08 Å². The van der Waals surface area contributed by atoms with Gasteiger partial charge in [-0.1, -0.05) is 0 Å². The van der Waals surface area contributed by atoms with E-state index in [1.165, 1.54) is 13.4 Å². The number of hydrogen-bond acceptors (Lipinski definition) is 7. The molecule has 0 saturated carbocycles. The molecule has 0 fully saturated rings. The first-order valence-corrected chi connectivity index (χ1v) is 6.55. The topological polar surface area (TPSA) is 83.4 Å². The van der Waals surface area contributed by atoms with Crippen LogP contribution in [0.4, 0.5) is 0 Å². The maximum Gasteiger partial charge on any atom is 0.337 e. The summed E-state index contributed by atoms with van der Waals surface area (Å²) in [5, 5.41) is 0. The van der Waals surface area contributed by atoms with E-state index in [9.17, 15) is 4.79 Å². The van der Waals surface area contributed by atoms with Gasteiger partial charge in [-0.15, -0.1) is 0 Å². The third-order valence-corrected chi connectivity index (χ3v) is 3.04. The van der Waals surface area contributed by atoms with Crippen molar-refractivity contribution in [3.63, 3.8) is 0 Å². The van der Waals surface area contributed by atoms with Gasteiger partial charge in [0.1, 0.15) is 19.5 Å². The zero-order chi connectivity index (χ0) is 15.4. The molecule has 112 valence electrons. The van der Waals surface area contributed by atoms with Gasteiger partial charge in [0.2, 0.25) is 11.8 Å². The van der Waals surface area contributed by atoms with Gasteiger partial charge in [0.25, 0.3) is 0 Å². The average Bonchev–Trinajstić information content (AvgIpc) is 2.59. The third-order valence-electron chi connectivity index (χ3n) is 3.04. The maximum atomic E-state index is 12.1. The van der Waals surface area contributed by atoms with Crippen molar-refractivity contribution in [3.8, 4) is 11.8 Å². The minimum atomic E-state index is -0.440. The Hall–Kier alpha value is -2.96. The lowest BCUT2D eigenvalue weighted by atomic mass is 10.1. The number of ether oxygens (including phenoxy) is 3. The minimum Gasteiger partial charge on any atom is -0.481 e. The Labute approximate surface area is 126 Å². The van der Waals surface area contributed by atoms with Crippen molar-refractivity contribution >= 4 is 12.0 Å². The third kappa shape index (κ3) is 3.03. The lowest BCUT2D eigenvalue weighted by molar-refractivity contribution is -0.140. The lowest BCUT2D eigenvalue weighted by Crippen LogP contribution is -2.18. The second-order valence-corrected chi connectivity index (χ2v) is 4.52. The highest BCUT2D eigenvalue weighted by molar-refractivity contribution is 5.94. The van der Waals surface area contributed by atoms with E-state index in [0.29, 0.717) is 22.9 Å². The van der Waals surface area contributed by atoms with Crippen LogP contribution in [0.15, 0.2) is 36.4 Å². The van der Waals surface area contributed by atoms with E-state index in [2.05, 4.69) is 15.0 Å². The molecule has 0 amide bonds. The van der Waals surface area contributed by atoms with Crippen LogP contribution < -0.4 is 9.47 Å². The summed E-state index contributed by atoms with van der Waals surface area (Å²) in [5.41, 5.74) is 1.87. The number of pyridine rings is 1. The van der Waals surface area contributed by atoms with Crippen molar-refractivity contribution < 1.29 is 19.0 Å². The van der Waals surface area contributed by atoms with Crippen molar-refractivity contribution in [1.82, 2.24) is 15.0 Å². The van der Waals surface area contributed by atoms with E-state index >= 15 is 0 Å². The number of aromatic nitrogens is 3. The number of rotatable bonds is 4. The van der Waals surface area contributed by atoms with Crippen LogP contribution in [0.2, 0.25) is 0 Å². The second-order valence-electron chi connectivity index (χ2n) is 4.52. The number of esters is 1. The minimum absolute atomic E-state index is 0.127. The highest BCUT2D eigenvalue weighted by atomic mass is 16.5. The van der Waals surface area contributed by atoms with E-state index < -0.39 is 5.97 Å². The summed E-state index contributed by atoms with van der Waals surface area (Å²) in [6, 6.07) is 3.47.